The molecule has 1 N–H and O–H groups in total. The molecule has 7 heavy (non-hydrogen) atoms. The Hall–Kier alpha value is -0.465. The van der Waals surface area contributed by atoms with Crippen molar-refractivity contribution in [3.63, 3.8) is 0 Å². The van der Waals surface area contributed by atoms with Crippen molar-refractivity contribution in [2.45, 2.75) is 19.6 Å². The molecule has 0 aliphatic heterocycles. The number of carboxylic acid groups (broad SMARTS) is 1. The molecule has 0 unspecified atom stereocenters. The van der Waals surface area contributed by atoms with Gasteiger partial charge in [0.05, 0.1) is 0 Å². The molecular formula is C4H8BO2. The summed E-state index contributed by atoms with van der Waals surface area (Å²) in [6.07, 6.45) is 1.03. The first-order chi connectivity index (χ1) is 3.27. The van der Waals surface area contributed by atoms with Crippen molar-refractivity contribution in [1.29, 1.82) is 0 Å². The van der Waals surface area contributed by atoms with Crippen molar-refractivity contribution in [2.75, 3.05) is 0 Å². The van der Waals surface area contributed by atoms with Gasteiger partial charge in [-0.05, 0) is 0 Å². The standard InChI is InChI=1S/C4H8BO2/c1-2-5-3-4(6)7/h2-3H2,1H3,(H,6,7). The first-order valence-electron chi connectivity index (χ1n) is 2.30. The molecule has 0 fully saturated rings. The zero-order chi connectivity index (χ0) is 5.70. The van der Waals surface area contributed by atoms with Crippen molar-refractivity contribution < 1.29 is 9.90 Å². The van der Waals surface area contributed by atoms with Gasteiger partial charge < -0.3 is 5.11 Å². The van der Waals surface area contributed by atoms with E-state index in [0.717, 1.165) is 6.32 Å². The van der Waals surface area contributed by atoms with Gasteiger partial charge >= 0.3 is 0 Å². The lowest BCUT2D eigenvalue weighted by molar-refractivity contribution is -0.134. The van der Waals surface area contributed by atoms with E-state index in [0.29, 0.717) is 0 Å². The smallest absolute Gasteiger partial charge is 0.295 e. The predicted octanol–water partition coefficient (Wildman–Crippen LogP) is 0.632. The predicted molar refractivity (Wildman–Crippen MR) is 28.7 cm³/mol. The first kappa shape index (κ1) is 6.53. The molecule has 0 amide bonds. The molecule has 0 aromatic carbocycles. The zero-order valence-corrected chi connectivity index (χ0v) is 4.35. The second kappa shape index (κ2) is 3.72. The third kappa shape index (κ3) is 5.53. The third-order valence-corrected chi connectivity index (χ3v) is 0.608. The third-order valence-electron chi connectivity index (χ3n) is 0.608. The summed E-state index contributed by atoms with van der Waals surface area (Å²) >= 11 is 0. The maximum Gasteiger partial charge on any atom is 0.295 e. The molecule has 0 atom stereocenters. The van der Waals surface area contributed by atoms with Crippen LogP contribution in [0.1, 0.15) is 6.92 Å². The largest absolute Gasteiger partial charge is 0.482 e. The minimum absolute atomic E-state index is 0.191. The van der Waals surface area contributed by atoms with Gasteiger partial charge in [-0.2, -0.15) is 0 Å². The number of hydrogen-bond acceptors (Lipinski definition) is 1. The van der Waals surface area contributed by atoms with Crippen LogP contribution in [0.15, 0.2) is 0 Å². The Morgan fingerprint density at radius 3 is 2.57 bits per heavy atom. The Kier molecular flexibility index (Phi) is 3.47. The number of hydrogen-bond donors (Lipinski definition) is 1. The number of aliphatic carboxylic acids is 1. The lowest BCUT2D eigenvalue weighted by atomic mass is 9.72. The van der Waals surface area contributed by atoms with Crippen LogP contribution in [0, 0.1) is 0 Å². The fourth-order valence-electron chi connectivity index (χ4n) is 0.268. The van der Waals surface area contributed by atoms with E-state index >= 15 is 0 Å². The van der Waals surface area contributed by atoms with Crippen LogP contribution >= 0.6 is 0 Å². The van der Waals surface area contributed by atoms with Gasteiger partial charge in [-0.3, -0.25) is 4.79 Å². The van der Waals surface area contributed by atoms with E-state index in [1.165, 1.54) is 0 Å². The zero-order valence-electron chi connectivity index (χ0n) is 4.35. The van der Waals surface area contributed by atoms with E-state index < -0.39 is 5.97 Å². The van der Waals surface area contributed by atoms with Gasteiger partial charge in [0.2, 0.25) is 0 Å². The second-order valence-corrected chi connectivity index (χ2v) is 1.29. The molecule has 0 rings (SSSR count). The summed E-state index contributed by atoms with van der Waals surface area (Å²) < 4.78 is 0. The van der Waals surface area contributed by atoms with Gasteiger partial charge in [-0.1, -0.05) is 13.2 Å². The van der Waals surface area contributed by atoms with E-state index in [4.69, 9.17) is 5.11 Å². The Balaban J connectivity index is 2.82. The van der Waals surface area contributed by atoms with Crippen molar-refractivity contribution in [3.8, 4) is 0 Å². The molecular weight excluding hydrogens is 90.9 g/mol. The highest BCUT2D eigenvalue weighted by molar-refractivity contribution is 6.40. The van der Waals surface area contributed by atoms with Crippen LogP contribution in [0.3, 0.4) is 0 Å². The van der Waals surface area contributed by atoms with Crippen LogP contribution in [0.5, 0.6) is 0 Å². The average molecular weight is 98.9 g/mol. The van der Waals surface area contributed by atoms with Crippen molar-refractivity contribution >= 4 is 13.2 Å². The van der Waals surface area contributed by atoms with Crippen LogP contribution in [-0.2, 0) is 4.79 Å². The van der Waals surface area contributed by atoms with Gasteiger partial charge in [-0.15, -0.1) is 0 Å². The monoisotopic (exact) mass is 99.1 g/mol. The van der Waals surface area contributed by atoms with Crippen LogP contribution in [0.25, 0.3) is 0 Å². The van der Waals surface area contributed by atoms with Gasteiger partial charge in [0, 0.05) is 6.32 Å². The molecule has 0 saturated heterocycles. The highest BCUT2D eigenvalue weighted by Crippen LogP contribution is 1.81. The Morgan fingerprint density at radius 1 is 1.86 bits per heavy atom. The normalized spacial score (nSPS) is 8.14. The maximum atomic E-state index is 9.73. The molecule has 39 valence electrons. The quantitative estimate of drug-likeness (QED) is 0.527. The molecule has 0 aromatic rings. The van der Waals surface area contributed by atoms with Crippen molar-refractivity contribution in [2.24, 2.45) is 0 Å². The average Bonchev–Trinajstić information content (AvgIpc) is 1.61. The van der Waals surface area contributed by atoms with E-state index in [-0.39, 0.29) is 6.32 Å². The summed E-state index contributed by atoms with van der Waals surface area (Å²) in [4.78, 5) is 9.73. The fraction of sp³-hybridized carbons (Fsp3) is 0.750. The Morgan fingerprint density at radius 2 is 2.43 bits per heavy atom. The SMILES string of the molecule is CC[B]CC(=O)O. The van der Waals surface area contributed by atoms with Crippen molar-refractivity contribution in [1.82, 2.24) is 0 Å². The molecule has 1 radical (unpaired) electrons. The molecule has 0 aliphatic rings. The van der Waals surface area contributed by atoms with Gasteiger partial charge in [0.15, 0.2) is 0 Å². The van der Waals surface area contributed by atoms with Crippen LogP contribution in [0.4, 0.5) is 0 Å². The van der Waals surface area contributed by atoms with Gasteiger partial charge in [0.1, 0.15) is 7.28 Å². The number of rotatable bonds is 3. The summed E-state index contributed by atoms with van der Waals surface area (Å²) in [7, 11) is 1.72. The van der Waals surface area contributed by atoms with Crippen LogP contribution < -0.4 is 0 Å². The summed E-state index contributed by atoms with van der Waals surface area (Å²) in [6.45, 7) is 1.92. The highest BCUT2D eigenvalue weighted by Gasteiger charge is 1.92. The first-order valence-corrected chi connectivity index (χ1v) is 2.30. The number of carboxylic acids is 1. The summed E-state index contributed by atoms with van der Waals surface area (Å²) in [5, 5.41) is 8.01. The lowest BCUT2D eigenvalue weighted by Gasteiger charge is -1.83. The summed E-state index contributed by atoms with van der Waals surface area (Å²) in [5.41, 5.74) is 0. The summed E-state index contributed by atoms with van der Waals surface area (Å²) in [6, 6.07) is 0. The Bertz CT molecular complexity index is 62.7. The lowest BCUT2D eigenvalue weighted by Crippen LogP contribution is -1.98. The maximum absolute atomic E-state index is 9.73. The van der Waals surface area contributed by atoms with E-state index in [9.17, 15) is 4.79 Å². The molecule has 0 bridgehead atoms. The van der Waals surface area contributed by atoms with Crippen molar-refractivity contribution in [3.05, 3.63) is 0 Å². The van der Waals surface area contributed by atoms with Gasteiger partial charge in [0.25, 0.3) is 5.97 Å². The van der Waals surface area contributed by atoms with E-state index in [2.05, 4.69) is 0 Å². The Labute approximate surface area is 43.8 Å². The molecule has 2 nitrogen and oxygen atoms in total. The fourth-order valence-corrected chi connectivity index (χ4v) is 0.268. The molecule has 3 heteroatoms. The van der Waals surface area contributed by atoms with E-state index in [1.807, 2.05) is 6.92 Å². The number of carbonyl (C=O) groups is 1. The molecule has 0 aliphatic carbocycles. The highest BCUT2D eigenvalue weighted by atomic mass is 16.4. The molecule has 0 spiro atoms. The van der Waals surface area contributed by atoms with Gasteiger partial charge in [-0.25, -0.2) is 0 Å². The topological polar surface area (TPSA) is 37.3 Å². The molecule has 0 saturated carbocycles. The minimum atomic E-state index is -0.748. The second-order valence-electron chi connectivity index (χ2n) is 1.29. The summed E-state index contributed by atoms with van der Waals surface area (Å²) in [5.74, 6) is -0.748. The van der Waals surface area contributed by atoms with Crippen LogP contribution in [-0.4, -0.2) is 18.4 Å². The minimum Gasteiger partial charge on any atom is -0.482 e. The van der Waals surface area contributed by atoms with Crippen LogP contribution in [0.2, 0.25) is 12.6 Å². The molecule has 0 heterocycles. The molecule has 0 aromatic heterocycles. The van der Waals surface area contributed by atoms with E-state index in [1.54, 1.807) is 7.28 Å².